The quantitative estimate of drug-likeness (QED) is 0.362. The van der Waals surface area contributed by atoms with Gasteiger partial charge in [-0.15, -0.1) is 0 Å². The Balaban J connectivity index is 1.65. The predicted molar refractivity (Wildman–Crippen MR) is 129 cm³/mol. The summed E-state index contributed by atoms with van der Waals surface area (Å²) in [5.41, 5.74) is 4.40. The number of aromatic nitrogens is 4. The number of fused-ring (bicyclic) bond motifs is 3. The fourth-order valence-corrected chi connectivity index (χ4v) is 4.97. The maximum Gasteiger partial charge on any atom is 0.178 e. The van der Waals surface area contributed by atoms with Crippen LogP contribution in [0.1, 0.15) is 18.3 Å². The molecule has 0 spiro atoms. The van der Waals surface area contributed by atoms with E-state index in [1.54, 1.807) is 37.5 Å². The summed E-state index contributed by atoms with van der Waals surface area (Å²) in [5, 5.41) is 1.93. The molecule has 7 nitrogen and oxygen atoms in total. The second kappa shape index (κ2) is 8.37. The lowest BCUT2D eigenvalue weighted by Crippen LogP contribution is -2.04. The zero-order chi connectivity index (χ0) is 23.0. The molecule has 0 unspecified atom stereocenters. The summed E-state index contributed by atoms with van der Waals surface area (Å²) >= 11 is 0. The molecule has 0 aliphatic heterocycles. The Kier molecular flexibility index (Phi) is 5.38. The molecule has 5 aromatic rings. The molecule has 3 heterocycles. The molecule has 2 aromatic carbocycles. The van der Waals surface area contributed by atoms with Crippen molar-refractivity contribution in [3.8, 4) is 16.9 Å². The van der Waals surface area contributed by atoms with E-state index in [2.05, 4.69) is 26.0 Å². The molecule has 0 aliphatic carbocycles. The van der Waals surface area contributed by atoms with Gasteiger partial charge in [0.15, 0.2) is 9.84 Å². The normalized spacial score (nSPS) is 11.9. The van der Waals surface area contributed by atoms with Crippen LogP contribution in [0.3, 0.4) is 0 Å². The van der Waals surface area contributed by atoms with E-state index in [1.807, 2.05) is 31.3 Å². The van der Waals surface area contributed by atoms with E-state index in [-0.39, 0.29) is 5.75 Å². The third-order valence-corrected chi connectivity index (χ3v) is 7.47. The van der Waals surface area contributed by atoms with E-state index in [0.29, 0.717) is 23.7 Å². The molecule has 168 valence electrons. The topological polar surface area (TPSA) is 101 Å². The van der Waals surface area contributed by atoms with Gasteiger partial charge < -0.3 is 14.7 Å². The lowest BCUT2D eigenvalue weighted by atomic mass is 9.99. The predicted octanol–water partition coefficient (Wildman–Crippen LogP) is 4.83. The Bertz CT molecular complexity index is 1550. The molecule has 0 bridgehead atoms. The van der Waals surface area contributed by atoms with Gasteiger partial charge in [-0.3, -0.25) is 0 Å². The monoisotopic (exact) mass is 460 g/mol. The number of aryl methyl sites for hydroxylation is 1. The first-order valence-corrected chi connectivity index (χ1v) is 12.5. The van der Waals surface area contributed by atoms with Crippen molar-refractivity contribution in [2.45, 2.75) is 25.2 Å². The van der Waals surface area contributed by atoms with Gasteiger partial charge in [-0.2, -0.15) is 0 Å². The zero-order valence-electron chi connectivity index (χ0n) is 18.4. The minimum atomic E-state index is -3.31. The van der Waals surface area contributed by atoms with Gasteiger partial charge in [-0.1, -0.05) is 19.1 Å². The van der Waals surface area contributed by atoms with E-state index < -0.39 is 9.84 Å². The summed E-state index contributed by atoms with van der Waals surface area (Å²) in [4.78, 5) is 15.6. The number of benzene rings is 2. The van der Waals surface area contributed by atoms with Crippen LogP contribution in [0.2, 0.25) is 0 Å². The smallest absolute Gasteiger partial charge is 0.178 e. The van der Waals surface area contributed by atoms with E-state index in [1.165, 1.54) is 0 Å². The summed E-state index contributed by atoms with van der Waals surface area (Å²) in [5.74, 6) is 1.64. The number of H-pyrrole nitrogens is 2. The van der Waals surface area contributed by atoms with Gasteiger partial charge in [-0.25, -0.2) is 18.4 Å². The number of hydrogen-bond acceptors (Lipinski definition) is 5. The van der Waals surface area contributed by atoms with Crippen molar-refractivity contribution in [1.29, 1.82) is 0 Å². The second-order valence-electron chi connectivity index (χ2n) is 7.96. The molecule has 0 atom stereocenters. The molecule has 0 fully saturated rings. The van der Waals surface area contributed by atoms with Crippen LogP contribution in [-0.2, 0) is 16.3 Å². The highest BCUT2D eigenvalue weighted by atomic mass is 32.2. The molecule has 0 amide bonds. The van der Waals surface area contributed by atoms with Gasteiger partial charge >= 0.3 is 0 Å². The number of hydrogen-bond donors (Lipinski definition) is 2. The molecule has 33 heavy (non-hydrogen) atoms. The van der Waals surface area contributed by atoms with Crippen LogP contribution in [0.25, 0.3) is 33.1 Å². The summed E-state index contributed by atoms with van der Waals surface area (Å²) in [7, 11) is -3.31. The molecule has 8 heteroatoms. The highest BCUT2D eigenvalue weighted by Crippen LogP contribution is 2.39. The van der Waals surface area contributed by atoms with Crippen molar-refractivity contribution in [1.82, 2.24) is 19.9 Å². The second-order valence-corrected chi connectivity index (χ2v) is 10.2. The van der Waals surface area contributed by atoms with Crippen molar-refractivity contribution in [2.75, 3.05) is 12.4 Å². The SMILES string of the molecule is CCS(=O)(=O)c1cccc(-c2ccc(OCCc3ncc[nH]3)c3[nH]c4ncc(C)cc4c23)c1. The molecule has 0 aliphatic rings. The number of imidazole rings is 1. The molecule has 0 saturated carbocycles. The Hall–Kier alpha value is -3.65. The lowest BCUT2D eigenvalue weighted by Gasteiger charge is -2.11. The van der Waals surface area contributed by atoms with Crippen molar-refractivity contribution in [3.63, 3.8) is 0 Å². The number of sulfone groups is 1. The van der Waals surface area contributed by atoms with E-state index in [0.717, 1.165) is 44.5 Å². The average Bonchev–Trinajstić information content (AvgIpc) is 3.47. The fourth-order valence-electron chi connectivity index (χ4n) is 4.04. The van der Waals surface area contributed by atoms with Crippen molar-refractivity contribution < 1.29 is 13.2 Å². The van der Waals surface area contributed by atoms with Crippen molar-refractivity contribution in [3.05, 3.63) is 72.4 Å². The number of pyridine rings is 1. The number of rotatable bonds is 7. The highest BCUT2D eigenvalue weighted by molar-refractivity contribution is 7.91. The maximum atomic E-state index is 12.5. The van der Waals surface area contributed by atoms with E-state index in [9.17, 15) is 8.42 Å². The number of nitrogens with one attached hydrogen (secondary N) is 2. The Morgan fingerprint density at radius 2 is 1.97 bits per heavy atom. The Morgan fingerprint density at radius 3 is 2.76 bits per heavy atom. The van der Waals surface area contributed by atoms with Crippen LogP contribution < -0.4 is 4.74 Å². The Morgan fingerprint density at radius 1 is 1.09 bits per heavy atom. The van der Waals surface area contributed by atoms with Crippen molar-refractivity contribution in [2.24, 2.45) is 0 Å². The summed E-state index contributed by atoms with van der Waals surface area (Å²) < 4.78 is 31.1. The molecule has 5 rings (SSSR count). The van der Waals surface area contributed by atoms with Crippen LogP contribution in [0.5, 0.6) is 5.75 Å². The standard InChI is InChI=1S/C25H24N4O3S/c1-3-33(30,31)18-6-4-5-17(14-18)19-7-8-21(32-12-9-22-26-10-11-27-22)24-23(19)20-13-16(2)15-28-25(20)29-24/h4-8,10-11,13-15H,3,9,12H2,1-2H3,(H,26,27)(H,28,29). The van der Waals surface area contributed by atoms with Crippen molar-refractivity contribution >= 4 is 31.8 Å². The number of ether oxygens (including phenoxy) is 1. The number of aromatic amines is 2. The van der Waals surface area contributed by atoms with Crippen LogP contribution in [0.4, 0.5) is 0 Å². The van der Waals surface area contributed by atoms with Gasteiger partial charge in [0, 0.05) is 35.8 Å². The molecule has 0 radical (unpaired) electrons. The molecular formula is C25H24N4O3S. The Labute approximate surface area is 191 Å². The molecular weight excluding hydrogens is 436 g/mol. The van der Waals surface area contributed by atoms with Gasteiger partial charge in [0.2, 0.25) is 0 Å². The van der Waals surface area contributed by atoms with Gasteiger partial charge in [0.05, 0.1) is 22.8 Å². The van der Waals surface area contributed by atoms with E-state index >= 15 is 0 Å². The first-order chi connectivity index (χ1) is 16.0. The third-order valence-electron chi connectivity index (χ3n) is 5.74. The fraction of sp³-hybridized carbons (Fsp3) is 0.200. The van der Waals surface area contributed by atoms with E-state index in [4.69, 9.17) is 4.74 Å². The van der Waals surface area contributed by atoms with Crippen LogP contribution >= 0.6 is 0 Å². The first kappa shape index (κ1) is 21.2. The largest absolute Gasteiger partial charge is 0.491 e. The van der Waals surface area contributed by atoms with Crippen LogP contribution in [0, 0.1) is 6.92 Å². The number of nitrogens with zero attached hydrogens (tertiary/aromatic N) is 2. The average molecular weight is 461 g/mol. The first-order valence-electron chi connectivity index (χ1n) is 10.8. The highest BCUT2D eigenvalue weighted by Gasteiger charge is 2.18. The molecule has 3 aromatic heterocycles. The minimum absolute atomic E-state index is 0.0600. The maximum absolute atomic E-state index is 12.5. The third kappa shape index (κ3) is 3.98. The zero-order valence-corrected chi connectivity index (χ0v) is 19.2. The molecule has 2 N–H and O–H groups in total. The summed E-state index contributed by atoms with van der Waals surface area (Å²) in [6, 6.07) is 13.1. The minimum Gasteiger partial charge on any atom is -0.491 e. The van der Waals surface area contributed by atoms with Crippen LogP contribution in [0.15, 0.2) is 66.0 Å². The van der Waals surface area contributed by atoms with Gasteiger partial charge in [-0.05, 0) is 53.9 Å². The summed E-state index contributed by atoms with van der Waals surface area (Å²) in [6.07, 6.45) is 6.00. The van der Waals surface area contributed by atoms with Crippen LogP contribution in [-0.4, -0.2) is 40.7 Å². The van der Waals surface area contributed by atoms with Gasteiger partial charge in [0.1, 0.15) is 17.2 Å². The summed E-state index contributed by atoms with van der Waals surface area (Å²) in [6.45, 7) is 4.13. The van der Waals surface area contributed by atoms with Gasteiger partial charge in [0.25, 0.3) is 0 Å². The molecule has 0 saturated heterocycles. The lowest BCUT2D eigenvalue weighted by molar-refractivity contribution is 0.322.